The first-order valence-corrected chi connectivity index (χ1v) is 18.6. The summed E-state index contributed by atoms with van der Waals surface area (Å²) in [7, 11) is 0. The van der Waals surface area contributed by atoms with Gasteiger partial charge in [0.05, 0.1) is 17.7 Å². The number of piperidine rings is 2. The minimum absolute atomic E-state index is 0.134. The maximum absolute atomic E-state index is 11.6. The molecule has 3 aromatic rings. The molecule has 3 heterocycles. The lowest BCUT2D eigenvalue weighted by Crippen LogP contribution is -2.51. The van der Waals surface area contributed by atoms with Crippen LogP contribution in [0.25, 0.3) is 0 Å². The van der Waals surface area contributed by atoms with Crippen molar-refractivity contribution in [3.05, 3.63) is 83.0 Å². The second kappa shape index (κ2) is 14.8. The summed E-state index contributed by atoms with van der Waals surface area (Å²) in [5.74, 6) is 1.75. The first-order valence-electron chi connectivity index (χ1n) is 18.6. The zero-order valence-corrected chi connectivity index (χ0v) is 28.1. The maximum Gasteiger partial charge on any atom is 0.306 e. The van der Waals surface area contributed by atoms with E-state index in [0.29, 0.717) is 23.9 Å². The monoisotopic (exact) mass is 635 g/mol. The van der Waals surface area contributed by atoms with Gasteiger partial charge in [0.1, 0.15) is 5.82 Å². The van der Waals surface area contributed by atoms with Gasteiger partial charge >= 0.3 is 5.97 Å². The van der Waals surface area contributed by atoms with E-state index in [1.165, 1.54) is 60.9 Å². The minimum Gasteiger partial charge on any atom is -0.481 e. The molecule has 7 heteroatoms. The van der Waals surface area contributed by atoms with Crippen molar-refractivity contribution in [1.82, 2.24) is 14.9 Å². The van der Waals surface area contributed by atoms with Crippen LogP contribution in [0.5, 0.6) is 0 Å². The van der Waals surface area contributed by atoms with E-state index in [2.05, 4.69) is 83.1 Å². The smallest absolute Gasteiger partial charge is 0.306 e. The summed E-state index contributed by atoms with van der Waals surface area (Å²) in [5.41, 5.74) is 5.15. The molecule has 4 aliphatic rings. The van der Waals surface area contributed by atoms with Gasteiger partial charge in [-0.15, -0.1) is 0 Å². The number of fused-ring (bicyclic) bond motifs is 3. The zero-order valence-electron chi connectivity index (χ0n) is 28.1. The Labute approximate surface area is 281 Å². The van der Waals surface area contributed by atoms with Gasteiger partial charge in [-0.1, -0.05) is 80.4 Å². The second-order valence-corrected chi connectivity index (χ2v) is 14.8. The number of aliphatic carboxylic acids is 1. The fraction of sp³-hybridized carbons (Fsp3) is 0.575. The molecule has 47 heavy (non-hydrogen) atoms. The summed E-state index contributed by atoms with van der Waals surface area (Å²) in [6, 6.07) is 23.7. The lowest BCUT2D eigenvalue weighted by molar-refractivity contribution is -0.143. The number of carboxylic acid groups (broad SMARTS) is 1. The summed E-state index contributed by atoms with van der Waals surface area (Å²) in [6.07, 6.45) is 15.3. The van der Waals surface area contributed by atoms with Gasteiger partial charge in [-0.25, -0.2) is 4.98 Å². The predicted octanol–water partition coefficient (Wildman–Crippen LogP) is 8.39. The molecular weight excluding hydrogens is 582 g/mol. The number of carboxylic acids is 1. The highest BCUT2D eigenvalue weighted by molar-refractivity contribution is 5.70. The average Bonchev–Trinajstić information content (AvgIpc) is 3.11. The summed E-state index contributed by atoms with van der Waals surface area (Å²) in [4.78, 5) is 25.0. The van der Waals surface area contributed by atoms with Gasteiger partial charge in [-0.05, 0) is 100 Å². The Balaban J connectivity index is 1.20. The van der Waals surface area contributed by atoms with Gasteiger partial charge in [0, 0.05) is 30.2 Å². The molecule has 2 aliphatic heterocycles. The largest absolute Gasteiger partial charge is 0.481 e. The highest BCUT2D eigenvalue weighted by atomic mass is 16.4. The number of nitrogens with one attached hydrogen (secondary N) is 2. The van der Waals surface area contributed by atoms with Crippen LogP contribution in [-0.4, -0.2) is 50.6 Å². The molecule has 3 fully saturated rings. The van der Waals surface area contributed by atoms with E-state index in [9.17, 15) is 9.90 Å². The summed E-state index contributed by atoms with van der Waals surface area (Å²) >= 11 is 0. The van der Waals surface area contributed by atoms with Gasteiger partial charge < -0.3 is 15.7 Å². The molecule has 2 aromatic carbocycles. The van der Waals surface area contributed by atoms with Crippen molar-refractivity contribution >= 4 is 17.7 Å². The molecule has 0 radical (unpaired) electrons. The van der Waals surface area contributed by atoms with E-state index < -0.39 is 5.97 Å². The van der Waals surface area contributed by atoms with Crippen molar-refractivity contribution in [1.29, 1.82) is 0 Å². The van der Waals surface area contributed by atoms with E-state index in [1.54, 1.807) is 0 Å². The van der Waals surface area contributed by atoms with Crippen molar-refractivity contribution in [3.8, 4) is 0 Å². The Hall–Kier alpha value is -3.45. The molecule has 2 bridgehead atoms. The number of hydrogen-bond acceptors (Lipinski definition) is 6. The number of aromatic nitrogens is 2. The molecule has 0 amide bonds. The van der Waals surface area contributed by atoms with Gasteiger partial charge in [-0.2, -0.15) is 4.98 Å². The molecule has 3 N–H and O–H groups in total. The first kappa shape index (κ1) is 32.1. The predicted molar refractivity (Wildman–Crippen MR) is 189 cm³/mol. The standard InChI is InChI=1S/C40H53N5O2/c1-2-35(29-19-21-30(22-20-29)39(46)47)42-40-43-36-24-23-31(27-11-5-3-6-12-27)25-34(36)38(44-40)41-37(28-13-7-4-8-14-28)26-45-32-15-9-16-33(45)18-10-17-32/h3-8,11-14,29-33,35,37H,2,9-10,15-26H2,1H3,(H,46,47)(H2,41,42,43,44)/t29?,30?,31-,32?,33?,35-,37+/m1/s1. The Kier molecular flexibility index (Phi) is 10.1. The van der Waals surface area contributed by atoms with Crippen LogP contribution in [0, 0.1) is 11.8 Å². The number of nitrogens with zero attached hydrogens (tertiary/aromatic N) is 3. The Morgan fingerprint density at radius 2 is 1.51 bits per heavy atom. The molecule has 3 atom stereocenters. The Morgan fingerprint density at radius 1 is 0.851 bits per heavy atom. The molecule has 2 saturated heterocycles. The van der Waals surface area contributed by atoms with Crippen molar-refractivity contribution < 1.29 is 9.90 Å². The Bertz CT molecular complexity index is 1450. The molecule has 0 spiro atoms. The molecule has 250 valence electrons. The van der Waals surface area contributed by atoms with E-state index in [-0.39, 0.29) is 18.0 Å². The second-order valence-electron chi connectivity index (χ2n) is 14.8. The van der Waals surface area contributed by atoms with Crippen LogP contribution < -0.4 is 10.6 Å². The number of anilines is 2. The van der Waals surface area contributed by atoms with E-state index in [4.69, 9.17) is 9.97 Å². The molecule has 1 saturated carbocycles. The molecule has 1 aromatic heterocycles. The SMILES string of the molecule is CC[C@@H](Nc1nc2c(c(N[C@@H](CN3C4CCCC3CCC4)c3ccccc3)n1)C[C@H](c1ccccc1)CC2)C1CCC(C(=O)O)CC1. The Morgan fingerprint density at radius 3 is 2.15 bits per heavy atom. The molecule has 7 nitrogen and oxygen atoms in total. The topological polar surface area (TPSA) is 90.4 Å². The average molecular weight is 636 g/mol. The third kappa shape index (κ3) is 7.35. The maximum atomic E-state index is 11.6. The number of carbonyl (C=O) groups is 1. The lowest BCUT2D eigenvalue weighted by Gasteiger charge is -2.47. The van der Waals surface area contributed by atoms with E-state index in [0.717, 1.165) is 69.7 Å². The van der Waals surface area contributed by atoms with Crippen LogP contribution in [0.15, 0.2) is 60.7 Å². The number of hydrogen-bond donors (Lipinski definition) is 3. The fourth-order valence-corrected chi connectivity index (χ4v) is 9.31. The van der Waals surface area contributed by atoms with Crippen LogP contribution in [0.4, 0.5) is 11.8 Å². The van der Waals surface area contributed by atoms with Gasteiger partial charge in [0.15, 0.2) is 0 Å². The third-order valence-electron chi connectivity index (χ3n) is 12.0. The summed E-state index contributed by atoms with van der Waals surface area (Å²) in [5, 5.41) is 17.4. The van der Waals surface area contributed by atoms with E-state index >= 15 is 0 Å². The molecule has 2 aliphatic carbocycles. The van der Waals surface area contributed by atoms with Gasteiger partial charge in [0.2, 0.25) is 5.95 Å². The summed E-state index contributed by atoms with van der Waals surface area (Å²) < 4.78 is 0. The van der Waals surface area contributed by atoms with Crippen molar-refractivity contribution in [2.45, 2.75) is 127 Å². The van der Waals surface area contributed by atoms with Crippen LogP contribution in [0.2, 0.25) is 0 Å². The normalized spacial score (nSPS) is 27.3. The van der Waals surface area contributed by atoms with E-state index in [1.807, 2.05) is 0 Å². The number of aryl methyl sites for hydroxylation is 1. The third-order valence-corrected chi connectivity index (χ3v) is 12.0. The quantitative estimate of drug-likeness (QED) is 0.195. The first-order chi connectivity index (χ1) is 23.1. The van der Waals surface area contributed by atoms with Crippen molar-refractivity contribution in [3.63, 3.8) is 0 Å². The fourth-order valence-electron chi connectivity index (χ4n) is 9.31. The van der Waals surface area contributed by atoms with Crippen molar-refractivity contribution in [2.75, 3.05) is 17.2 Å². The number of benzene rings is 2. The highest BCUT2D eigenvalue weighted by Crippen LogP contribution is 2.40. The van der Waals surface area contributed by atoms with Gasteiger partial charge in [-0.3, -0.25) is 9.69 Å². The number of rotatable bonds is 11. The molecule has 0 unspecified atom stereocenters. The van der Waals surface area contributed by atoms with Gasteiger partial charge in [0.25, 0.3) is 0 Å². The lowest BCUT2D eigenvalue weighted by atomic mass is 9.78. The van der Waals surface area contributed by atoms with Crippen LogP contribution in [0.1, 0.15) is 118 Å². The van der Waals surface area contributed by atoms with Crippen LogP contribution >= 0.6 is 0 Å². The molecule has 7 rings (SSSR count). The highest BCUT2D eigenvalue weighted by Gasteiger charge is 2.36. The zero-order chi connectivity index (χ0) is 32.2. The minimum atomic E-state index is -0.645. The summed E-state index contributed by atoms with van der Waals surface area (Å²) in [6.45, 7) is 3.22. The van der Waals surface area contributed by atoms with Crippen LogP contribution in [0.3, 0.4) is 0 Å². The van der Waals surface area contributed by atoms with Crippen molar-refractivity contribution in [2.24, 2.45) is 11.8 Å². The molecular formula is C40H53N5O2. The van der Waals surface area contributed by atoms with Crippen LogP contribution in [-0.2, 0) is 17.6 Å².